The van der Waals surface area contributed by atoms with Gasteiger partial charge in [-0.1, -0.05) is 0 Å². The average Bonchev–Trinajstić information content (AvgIpc) is 2.99. The van der Waals surface area contributed by atoms with E-state index in [1.807, 2.05) is 25.9 Å². The second-order valence-corrected chi connectivity index (χ2v) is 6.83. The van der Waals surface area contributed by atoms with Crippen molar-refractivity contribution in [2.75, 3.05) is 33.7 Å². The minimum absolute atomic E-state index is 0.550. The van der Waals surface area contributed by atoms with Crippen molar-refractivity contribution < 1.29 is 5.11 Å². The van der Waals surface area contributed by atoms with Crippen LogP contribution >= 0.6 is 0 Å². The van der Waals surface area contributed by atoms with Crippen molar-refractivity contribution in [1.82, 2.24) is 15.1 Å². The van der Waals surface area contributed by atoms with Crippen molar-refractivity contribution in [3.05, 3.63) is 0 Å². The molecule has 0 bridgehead atoms. The number of nitrogens with one attached hydrogen (secondary N) is 1. The fraction of sp³-hybridized carbons (Fsp3) is 1.00. The summed E-state index contributed by atoms with van der Waals surface area (Å²) in [5, 5.41) is 13.8. The van der Waals surface area contributed by atoms with Crippen LogP contribution in [0.4, 0.5) is 0 Å². The van der Waals surface area contributed by atoms with Crippen LogP contribution in [-0.4, -0.2) is 72.4 Å². The van der Waals surface area contributed by atoms with Crippen molar-refractivity contribution in [2.24, 2.45) is 0 Å². The molecule has 2 fully saturated rings. The summed E-state index contributed by atoms with van der Waals surface area (Å²) in [5.74, 6) is 0. The molecule has 0 spiro atoms. The maximum absolute atomic E-state index is 10.3. The van der Waals surface area contributed by atoms with Crippen LogP contribution in [0.25, 0.3) is 0 Å². The highest BCUT2D eigenvalue weighted by Crippen LogP contribution is 2.33. The fourth-order valence-corrected chi connectivity index (χ4v) is 3.22. The first-order valence-corrected chi connectivity index (χ1v) is 7.23. The molecule has 0 aromatic rings. The van der Waals surface area contributed by atoms with Gasteiger partial charge in [0.15, 0.2) is 0 Å². The number of rotatable bonds is 6. The molecule has 1 saturated heterocycles. The van der Waals surface area contributed by atoms with Crippen molar-refractivity contribution in [3.63, 3.8) is 0 Å². The summed E-state index contributed by atoms with van der Waals surface area (Å²) < 4.78 is 0. The topological polar surface area (TPSA) is 38.7 Å². The Morgan fingerprint density at radius 1 is 1.39 bits per heavy atom. The smallest absolute Gasteiger partial charge is 0.0869 e. The van der Waals surface area contributed by atoms with Gasteiger partial charge in [-0.2, -0.15) is 0 Å². The summed E-state index contributed by atoms with van der Waals surface area (Å²) in [5.41, 5.74) is -0.639. The van der Waals surface area contributed by atoms with Crippen molar-refractivity contribution in [2.45, 2.75) is 56.8 Å². The molecule has 1 saturated carbocycles. The Morgan fingerprint density at radius 2 is 2.06 bits per heavy atom. The van der Waals surface area contributed by atoms with E-state index < -0.39 is 5.60 Å². The first-order chi connectivity index (χ1) is 8.37. The molecule has 0 radical (unpaired) electrons. The Labute approximate surface area is 111 Å². The largest absolute Gasteiger partial charge is 0.388 e. The molecule has 106 valence electrons. The quantitative estimate of drug-likeness (QED) is 0.725. The molecule has 3 atom stereocenters. The highest BCUT2D eigenvalue weighted by atomic mass is 16.3. The number of likely N-dealkylation sites (N-methyl/N-ethyl adjacent to an activating group) is 1. The third-order valence-electron chi connectivity index (χ3n) is 4.07. The first kappa shape index (κ1) is 14.3. The third-order valence-corrected chi connectivity index (χ3v) is 4.07. The van der Waals surface area contributed by atoms with Crippen LogP contribution in [0.3, 0.4) is 0 Å². The zero-order valence-electron chi connectivity index (χ0n) is 12.3. The van der Waals surface area contributed by atoms with E-state index in [-0.39, 0.29) is 0 Å². The molecule has 0 amide bonds. The van der Waals surface area contributed by atoms with Gasteiger partial charge in [0.25, 0.3) is 0 Å². The molecule has 18 heavy (non-hydrogen) atoms. The molecule has 4 heteroatoms. The van der Waals surface area contributed by atoms with Gasteiger partial charge in [0.05, 0.1) is 5.60 Å². The Bertz CT molecular complexity index is 276. The molecule has 0 aromatic heterocycles. The van der Waals surface area contributed by atoms with Gasteiger partial charge in [0, 0.05) is 37.8 Å². The summed E-state index contributed by atoms with van der Waals surface area (Å²) in [6.45, 7) is 6.79. The molecule has 1 aliphatic heterocycles. The van der Waals surface area contributed by atoms with E-state index in [0.29, 0.717) is 25.2 Å². The lowest BCUT2D eigenvalue weighted by molar-refractivity contribution is 0.0315. The molecular formula is C14H29N3O. The van der Waals surface area contributed by atoms with Crippen LogP contribution in [-0.2, 0) is 0 Å². The highest BCUT2D eigenvalue weighted by Gasteiger charge is 2.39. The lowest BCUT2D eigenvalue weighted by Gasteiger charge is -2.28. The minimum Gasteiger partial charge on any atom is -0.388 e. The molecule has 3 unspecified atom stereocenters. The van der Waals surface area contributed by atoms with Gasteiger partial charge in [0.1, 0.15) is 0 Å². The summed E-state index contributed by atoms with van der Waals surface area (Å²) in [6.07, 6.45) is 3.99. The number of nitrogens with zero attached hydrogens (tertiary/aromatic N) is 2. The molecular weight excluding hydrogens is 226 g/mol. The summed E-state index contributed by atoms with van der Waals surface area (Å²) in [6, 6.07) is 2.11. The summed E-state index contributed by atoms with van der Waals surface area (Å²) in [4.78, 5) is 4.67. The molecule has 1 aliphatic carbocycles. The maximum atomic E-state index is 10.3. The first-order valence-electron chi connectivity index (χ1n) is 7.23. The fourth-order valence-electron chi connectivity index (χ4n) is 3.22. The summed E-state index contributed by atoms with van der Waals surface area (Å²) >= 11 is 0. The highest BCUT2D eigenvalue weighted by molar-refractivity contribution is 4.96. The lowest BCUT2D eigenvalue weighted by Crippen LogP contribution is -2.48. The molecule has 2 N–H and O–H groups in total. The molecule has 4 nitrogen and oxygen atoms in total. The molecule has 1 heterocycles. The van der Waals surface area contributed by atoms with E-state index >= 15 is 0 Å². The average molecular weight is 255 g/mol. The van der Waals surface area contributed by atoms with Crippen molar-refractivity contribution in [1.29, 1.82) is 0 Å². The third kappa shape index (κ3) is 3.92. The van der Waals surface area contributed by atoms with E-state index in [0.717, 1.165) is 12.6 Å². The van der Waals surface area contributed by atoms with E-state index in [2.05, 4.69) is 17.1 Å². The van der Waals surface area contributed by atoms with Crippen LogP contribution in [0.1, 0.15) is 33.1 Å². The van der Waals surface area contributed by atoms with Gasteiger partial charge in [-0.25, -0.2) is 0 Å². The number of hydrogen-bond donors (Lipinski definition) is 2. The predicted molar refractivity (Wildman–Crippen MR) is 74.8 cm³/mol. The van der Waals surface area contributed by atoms with Crippen molar-refractivity contribution in [3.8, 4) is 0 Å². The van der Waals surface area contributed by atoms with Gasteiger partial charge in [-0.15, -0.1) is 0 Å². The van der Waals surface area contributed by atoms with Crippen LogP contribution < -0.4 is 5.32 Å². The Hall–Kier alpha value is -0.160. The molecule has 2 aliphatic rings. The minimum atomic E-state index is -0.639. The zero-order chi connectivity index (χ0) is 13.3. The van der Waals surface area contributed by atoms with Gasteiger partial charge in [-0.05, 0) is 47.2 Å². The Morgan fingerprint density at radius 3 is 2.61 bits per heavy atom. The molecule has 2 rings (SSSR count). The van der Waals surface area contributed by atoms with Crippen molar-refractivity contribution >= 4 is 0 Å². The molecule has 0 aromatic carbocycles. The SMILES string of the molecule is CC1CC(NCC(C)(O)CN(C)C)CN1C1CC1. The summed E-state index contributed by atoms with van der Waals surface area (Å²) in [7, 11) is 4.00. The van der Waals surface area contributed by atoms with Crippen LogP contribution in [0.5, 0.6) is 0 Å². The van der Waals surface area contributed by atoms with Gasteiger partial charge < -0.3 is 15.3 Å². The number of hydrogen-bond acceptors (Lipinski definition) is 4. The van der Waals surface area contributed by atoms with Crippen LogP contribution in [0.2, 0.25) is 0 Å². The number of aliphatic hydroxyl groups is 1. The second kappa shape index (κ2) is 5.45. The van der Waals surface area contributed by atoms with Gasteiger partial charge >= 0.3 is 0 Å². The van der Waals surface area contributed by atoms with E-state index in [1.54, 1.807) is 0 Å². The van der Waals surface area contributed by atoms with E-state index in [9.17, 15) is 5.11 Å². The van der Waals surface area contributed by atoms with Gasteiger partial charge in [-0.3, -0.25) is 4.90 Å². The Balaban J connectivity index is 1.74. The van der Waals surface area contributed by atoms with Gasteiger partial charge in [0.2, 0.25) is 0 Å². The normalized spacial score (nSPS) is 33.0. The maximum Gasteiger partial charge on any atom is 0.0869 e. The predicted octanol–water partition coefficient (Wildman–Crippen LogP) is 0.514. The Kier molecular flexibility index (Phi) is 4.32. The second-order valence-electron chi connectivity index (χ2n) is 6.83. The standard InChI is InChI=1S/C14H29N3O/c1-11-7-12(8-17(11)13-5-6-13)15-9-14(2,18)10-16(3)4/h11-13,15,18H,5-10H2,1-4H3. The zero-order valence-corrected chi connectivity index (χ0v) is 12.3. The monoisotopic (exact) mass is 255 g/mol. The van der Waals surface area contributed by atoms with Crippen LogP contribution in [0.15, 0.2) is 0 Å². The van der Waals surface area contributed by atoms with E-state index in [4.69, 9.17) is 0 Å². The van der Waals surface area contributed by atoms with E-state index in [1.165, 1.54) is 19.3 Å². The lowest BCUT2D eigenvalue weighted by atomic mass is 10.1. The van der Waals surface area contributed by atoms with Crippen LogP contribution in [0, 0.1) is 0 Å². The number of likely N-dealkylation sites (tertiary alicyclic amines) is 1.